The summed E-state index contributed by atoms with van der Waals surface area (Å²) in [7, 11) is 1.73. The average Bonchev–Trinajstić information content (AvgIpc) is 2.16. The van der Waals surface area contributed by atoms with Gasteiger partial charge in [-0.2, -0.15) is 5.26 Å². The van der Waals surface area contributed by atoms with Crippen molar-refractivity contribution in [3.63, 3.8) is 0 Å². The fraction of sp³-hybridized carbons (Fsp3) is 0.300. The fourth-order valence-corrected chi connectivity index (χ4v) is 0.998. The van der Waals surface area contributed by atoms with Gasteiger partial charge in [0.15, 0.2) is 6.19 Å². The molecule has 0 bridgehead atoms. The third kappa shape index (κ3) is 3.12. The summed E-state index contributed by atoms with van der Waals surface area (Å²) in [6.45, 7) is 0.669. The molecule has 0 spiro atoms. The molecule has 0 saturated carbocycles. The van der Waals surface area contributed by atoms with Gasteiger partial charge in [0.05, 0.1) is 0 Å². The van der Waals surface area contributed by atoms with E-state index in [0.717, 1.165) is 12.0 Å². The van der Waals surface area contributed by atoms with Crippen LogP contribution in [0.15, 0.2) is 24.3 Å². The summed E-state index contributed by atoms with van der Waals surface area (Å²) < 4.78 is 12.5. The third-order valence-corrected chi connectivity index (χ3v) is 1.82. The maximum Gasteiger partial charge on any atom is 0.179 e. The van der Waals surface area contributed by atoms with Crippen LogP contribution in [0.4, 0.5) is 4.39 Å². The summed E-state index contributed by atoms with van der Waals surface area (Å²) >= 11 is 0. The third-order valence-electron chi connectivity index (χ3n) is 1.82. The highest BCUT2D eigenvalue weighted by Crippen LogP contribution is 2.03. The van der Waals surface area contributed by atoms with Crippen LogP contribution in [0.3, 0.4) is 0 Å². The first-order valence-corrected chi connectivity index (χ1v) is 4.07. The van der Waals surface area contributed by atoms with E-state index in [-0.39, 0.29) is 5.82 Å². The van der Waals surface area contributed by atoms with Crippen molar-refractivity contribution in [2.45, 2.75) is 6.42 Å². The Labute approximate surface area is 77.2 Å². The quantitative estimate of drug-likeness (QED) is 0.521. The van der Waals surface area contributed by atoms with E-state index >= 15 is 0 Å². The molecule has 0 unspecified atom stereocenters. The number of hydrogen-bond acceptors (Lipinski definition) is 2. The van der Waals surface area contributed by atoms with Crippen molar-refractivity contribution in [1.29, 1.82) is 5.26 Å². The number of likely N-dealkylation sites (N-methyl/N-ethyl adjacent to an activating group) is 1. The van der Waals surface area contributed by atoms with Crippen LogP contribution >= 0.6 is 0 Å². The van der Waals surface area contributed by atoms with Gasteiger partial charge in [0.25, 0.3) is 0 Å². The minimum absolute atomic E-state index is 0.225. The maximum atomic E-state index is 12.5. The van der Waals surface area contributed by atoms with Crippen molar-refractivity contribution in [3.05, 3.63) is 35.6 Å². The predicted molar refractivity (Wildman–Crippen MR) is 48.3 cm³/mol. The average molecular weight is 178 g/mol. The Bertz CT molecular complexity index is 300. The summed E-state index contributed by atoms with van der Waals surface area (Å²) in [5, 5.41) is 8.47. The van der Waals surface area contributed by atoms with Gasteiger partial charge in [-0.3, -0.25) is 0 Å². The van der Waals surface area contributed by atoms with E-state index in [1.54, 1.807) is 24.1 Å². The molecular weight excluding hydrogens is 167 g/mol. The standard InChI is InChI=1S/C10H11FN2/c1-13(8-12)7-6-9-2-4-10(11)5-3-9/h2-5H,6-7H2,1H3. The molecule has 1 rings (SSSR count). The summed E-state index contributed by atoms with van der Waals surface area (Å²) in [5.41, 5.74) is 1.04. The highest BCUT2D eigenvalue weighted by molar-refractivity contribution is 5.16. The van der Waals surface area contributed by atoms with Gasteiger partial charge in [0.1, 0.15) is 5.82 Å². The summed E-state index contributed by atoms with van der Waals surface area (Å²) in [4.78, 5) is 1.54. The van der Waals surface area contributed by atoms with E-state index in [2.05, 4.69) is 0 Å². The molecule has 1 aromatic rings. The molecule has 0 heterocycles. The molecule has 0 radical (unpaired) electrons. The van der Waals surface area contributed by atoms with Crippen LogP contribution in [-0.2, 0) is 6.42 Å². The molecule has 0 amide bonds. The van der Waals surface area contributed by atoms with E-state index < -0.39 is 0 Å². The minimum atomic E-state index is -0.225. The second kappa shape index (κ2) is 4.46. The van der Waals surface area contributed by atoms with Crippen LogP contribution in [0, 0.1) is 17.3 Å². The number of halogens is 1. The number of benzene rings is 1. The van der Waals surface area contributed by atoms with Gasteiger partial charge in [0, 0.05) is 13.6 Å². The number of nitriles is 1. The van der Waals surface area contributed by atoms with Crippen molar-refractivity contribution in [1.82, 2.24) is 4.90 Å². The smallest absolute Gasteiger partial charge is 0.179 e. The maximum absolute atomic E-state index is 12.5. The number of rotatable bonds is 3. The van der Waals surface area contributed by atoms with Gasteiger partial charge in [0.2, 0.25) is 0 Å². The molecule has 1 aromatic carbocycles. The van der Waals surface area contributed by atoms with Crippen LogP contribution in [0.5, 0.6) is 0 Å². The van der Waals surface area contributed by atoms with Gasteiger partial charge in [-0.05, 0) is 24.1 Å². The first kappa shape index (κ1) is 9.53. The molecule has 0 saturated heterocycles. The summed E-state index contributed by atoms with van der Waals surface area (Å²) in [6.07, 6.45) is 2.77. The fourth-order valence-electron chi connectivity index (χ4n) is 0.998. The van der Waals surface area contributed by atoms with Crippen LogP contribution in [-0.4, -0.2) is 18.5 Å². The molecule has 68 valence electrons. The lowest BCUT2D eigenvalue weighted by Gasteiger charge is -2.07. The van der Waals surface area contributed by atoms with Crippen molar-refractivity contribution in [2.75, 3.05) is 13.6 Å². The molecule has 3 heteroatoms. The topological polar surface area (TPSA) is 27.0 Å². The molecular formula is C10H11FN2. The molecule has 0 atom stereocenters. The molecule has 0 aliphatic carbocycles. The lowest BCUT2D eigenvalue weighted by Crippen LogP contribution is -2.14. The lowest BCUT2D eigenvalue weighted by molar-refractivity contribution is 0.478. The van der Waals surface area contributed by atoms with E-state index in [4.69, 9.17) is 5.26 Å². The van der Waals surface area contributed by atoms with E-state index in [1.807, 2.05) is 6.19 Å². The van der Waals surface area contributed by atoms with E-state index in [9.17, 15) is 4.39 Å². The molecule has 0 aromatic heterocycles. The Kier molecular flexibility index (Phi) is 3.27. The zero-order valence-electron chi connectivity index (χ0n) is 7.50. The Morgan fingerprint density at radius 1 is 1.38 bits per heavy atom. The zero-order valence-corrected chi connectivity index (χ0v) is 7.50. The number of hydrogen-bond donors (Lipinski definition) is 0. The van der Waals surface area contributed by atoms with Crippen molar-refractivity contribution >= 4 is 0 Å². The molecule has 0 aliphatic rings. The Balaban J connectivity index is 2.47. The normalized spacial score (nSPS) is 9.31. The zero-order chi connectivity index (χ0) is 9.68. The Morgan fingerprint density at radius 3 is 2.54 bits per heavy atom. The highest BCUT2D eigenvalue weighted by Gasteiger charge is 1.96. The number of nitrogens with zero attached hydrogens (tertiary/aromatic N) is 2. The summed E-state index contributed by atoms with van der Waals surface area (Å²) in [6, 6.07) is 6.34. The van der Waals surface area contributed by atoms with Gasteiger partial charge >= 0.3 is 0 Å². The molecule has 0 N–H and O–H groups in total. The van der Waals surface area contributed by atoms with Crippen molar-refractivity contribution in [3.8, 4) is 6.19 Å². The van der Waals surface area contributed by atoms with Crippen LogP contribution in [0.2, 0.25) is 0 Å². The SMILES string of the molecule is CN(C#N)CCc1ccc(F)cc1. The van der Waals surface area contributed by atoms with Crippen LogP contribution < -0.4 is 0 Å². The van der Waals surface area contributed by atoms with Crippen LogP contribution in [0.1, 0.15) is 5.56 Å². The monoisotopic (exact) mass is 178 g/mol. The van der Waals surface area contributed by atoms with Gasteiger partial charge < -0.3 is 4.90 Å². The van der Waals surface area contributed by atoms with E-state index in [0.29, 0.717) is 6.54 Å². The van der Waals surface area contributed by atoms with Gasteiger partial charge in [-0.15, -0.1) is 0 Å². The van der Waals surface area contributed by atoms with Crippen LogP contribution in [0.25, 0.3) is 0 Å². The van der Waals surface area contributed by atoms with E-state index in [1.165, 1.54) is 12.1 Å². The van der Waals surface area contributed by atoms with Crippen molar-refractivity contribution in [2.24, 2.45) is 0 Å². The second-order valence-electron chi connectivity index (χ2n) is 2.90. The first-order chi connectivity index (χ1) is 6.22. The largest absolute Gasteiger partial charge is 0.313 e. The van der Waals surface area contributed by atoms with Gasteiger partial charge in [-0.25, -0.2) is 4.39 Å². The van der Waals surface area contributed by atoms with Crippen molar-refractivity contribution < 1.29 is 4.39 Å². The molecule has 2 nitrogen and oxygen atoms in total. The molecule has 0 fully saturated rings. The lowest BCUT2D eigenvalue weighted by atomic mass is 10.1. The molecule has 0 aliphatic heterocycles. The first-order valence-electron chi connectivity index (χ1n) is 4.07. The second-order valence-corrected chi connectivity index (χ2v) is 2.90. The highest BCUT2D eigenvalue weighted by atomic mass is 19.1. The predicted octanol–water partition coefficient (Wildman–Crippen LogP) is 1.78. The summed E-state index contributed by atoms with van der Waals surface area (Å²) in [5.74, 6) is -0.225. The van der Waals surface area contributed by atoms with Gasteiger partial charge in [-0.1, -0.05) is 12.1 Å². The minimum Gasteiger partial charge on any atom is -0.313 e. The Hall–Kier alpha value is -1.56. The molecule has 13 heavy (non-hydrogen) atoms. The Morgan fingerprint density at radius 2 is 2.00 bits per heavy atom.